The number of rotatable bonds is 4. The molecule has 0 amide bonds. The Bertz CT molecular complexity index is 591. The van der Waals surface area contributed by atoms with Crippen LogP contribution < -0.4 is 4.57 Å². The van der Waals surface area contributed by atoms with Crippen LogP contribution in [-0.4, -0.2) is 24.2 Å². The smallest absolute Gasteiger partial charge is 0.265 e. The van der Waals surface area contributed by atoms with Gasteiger partial charge in [-0.15, -0.1) is 0 Å². The van der Waals surface area contributed by atoms with Gasteiger partial charge in [-0.25, -0.2) is 0 Å². The van der Waals surface area contributed by atoms with Crippen LogP contribution in [0.3, 0.4) is 0 Å². The Morgan fingerprint density at radius 1 is 1.29 bits per heavy atom. The molecule has 2 aromatic rings. The van der Waals surface area contributed by atoms with Crippen LogP contribution in [0.15, 0.2) is 29.8 Å². The number of aryl methyl sites for hydroxylation is 1. The predicted molar refractivity (Wildman–Crippen MR) is 65.0 cm³/mol. The standard InChI is InChI=1S/C10H11NO3S2.H2O/c12-16(13,14)7-3-6-11-8-15-10-5-2-1-4-9(10)11;/h1-2,4-5,8H,3,6-7H2;1H2. The first-order valence-electron chi connectivity index (χ1n) is 4.87. The number of para-hydroxylation sites is 1. The average molecular weight is 275 g/mol. The Labute approximate surface area is 103 Å². The van der Waals surface area contributed by atoms with E-state index in [1.165, 1.54) is 4.70 Å². The monoisotopic (exact) mass is 275 g/mol. The highest BCUT2D eigenvalue weighted by Crippen LogP contribution is 2.14. The molecule has 2 N–H and O–H groups in total. The van der Waals surface area contributed by atoms with Gasteiger partial charge in [-0.05, 0) is 6.07 Å². The quantitative estimate of drug-likeness (QED) is 0.672. The van der Waals surface area contributed by atoms with Gasteiger partial charge in [-0.3, -0.25) is 4.55 Å². The fourth-order valence-electron chi connectivity index (χ4n) is 1.56. The molecule has 0 unspecified atom stereocenters. The van der Waals surface area contributed by atoms with Gasteiger partial charge in [0.1, 0.15) is 4.70 Å². The highest BCUT2D eigenvalue weighted by molar-refractivity contribution is 7.85. The molecule has 0 bridgehead atoms. The van der Waals surface area contributed by atoms with E-state index in [1.54, 1.807) is 11.3 Å². The number of nitrogens with zero attached hydrogens (tertiary/aromatic N) is 1. The summed E-state index contributed by atoms with van der Waals surface area (Å²) in [6, 6.07) is 7.95. The Kier molecular flexibility index (Phi) is 4.58. The lowest BCUT2D eigenvalue weighted by atomic mass is 10.3. The molecular weight excluding hydrogens is 262 g/mol. The van der Waals surface area contributed by atoms with Crippen molar-refractivity contribution >= 4 is 31.7 Å². The molecular formula is C10H13NO4S2. The molecule has 5 nitrogen and oxygen atoms in total. The average Bonchev–Trinajstić information content (AvgIpc) is 2.60. The molecule has 1 aromatic carbocycles. The molecule has 0 radical (unpaired) electrons. The second-order valence-electron chi connectivity index (χ2n) is 3.52. The second-order valence-corrected chi connectivity index (χ2v) is 5.98. The van der Waals surface area contributed by atoms with Crippen LogP contribution in [0.4, 0.5) is 0 Å². The number of hydrogen-bond acceptors (Lipinski definition) is 4. The zero-order valence-corrected chi connectivity index (χ0v) is 10.6. The fraction of sp³-hybridized carbons (Fsp3) is 0.300. The summed E-state index contributed by atoms with van der Waals surface area (Å²) in [6.45, 7) is 0.601. The van der Waals surface area contributed by atoms with Gasteiger partial charge in [0.25, 0.3) is 10.1 Å². The van der Waals surface area contributed by atoms with Crippen molar-refractivity contribution in [3.63, 3.8) is 0 Å². The van der Waals surface area contributed by atoms with Crippen molar-refractivity contribution in [2.75, 3.05) is 5.75 Å². The van der Waals surface area contributed by atoms with Gasteiger partial charge in [-0.2, -0.15) is 13.0 Å². The molecule has 0 saturated heterocycles. The maximum Gasteiger partial charge on any atom is 0.265 e. The summed E-state index contributed by atoms with van der Waals surface area (Å²) in [7, 11) is -3.84. The number of hydrogen-bond donors (Lipinski definition) is 1. The van der Waals surface area contributed by atoms with Crippen molar-refractivity contribution in [3.8, 4) is 0 Å². The van der Waals surface area contributed by atoms with Gasteiger partial charge in [0.15, 0.2) is 6.54 Å². The lowest BCUT2D eigenvalue weighted by Gasteiger charge is -1.94. The first kappa shape index (κ1) is 14.0. The van der Waals surface area contributed by atoms with E-state index in [9.17, 15) is 8.42 Å². The Morgan fingerprint density at radius 2 is 2.00 bits per heavy atom. The van der Waals surface area contributed by atoms with Gasteiger partial charge < -0.3 is 5.48 Å². The van der Waals surface area contributed by atoms with Crippen molar-refractivity contribution in [1.29, 1.82) is 0 Å². The number of fused-ring (bicyclic) bond motifs is 1. The van der Waals surface area contributed by atoms with Gasteiger partial charge in [0, 0.05) is 12.5 Å². The zero-order chi connectivity index (χ0) is 11.6. The minimum Gasteiger partial charge on any atom is -0.870 e. The first-order chi connectivity index (χ1) is 7.56. The minimum atomic E-state index is -3.84. The summed E-state index contributed by atoms with van der Waals surface area (Å²) in [5.74, 6) is -0.190. The molecule has 1 aromatic heterocycles. The van der Waals surface area contributed by atoms with E-state index in [0.717, 1.165) is 5.52 Å². The second kappa shape index (κ2) is 5.54. The SMILES string of the molecule is O=S(=O)(O)CCC[n+]1csc2ccccc21.[OH-]. The molecule has 0 spiro atoms. The molecule has 0 saturated carbocycles. The van der Waals surface area contributed by atoms with Crippen LogP contribution in [0.5, 0.6) is 0 Å². The first-order valence-corrected chi connectivity index (χ1v) is 7.36. The molecule has 0 aliphatic carbocycles. The molecule has 0 aliphatic rings. The van der Waals surface area contributed by atoms with Crippen LogP contribution in [-0.2, 0) is 16.7 Å². The molecule has 0 aliphatic heterocycles. The van der Waals surface area contributed by atoms with Gasteiger partial charge >= 0.3 is 0 Å². The molecule has 94 valence electrons. The maximum atomic E-state index is 10.6. The number of benzene rings is 1. The van der Waals surface area contributed by atoms with Gasteiger partial charge in [-0.1, -0.05) is 23.5 Å². The normalized spacial score (nSPS) is 11.4. The van der Waals surface area contributed by atoms with Crippen molar-refractivity contribution < 1.29 is 23.0 Å². The van der Waals surface area contributed by atoms with E-state index >= 15 is 0 Å². The number of aromatic nitrogens is 1. The summed E-state index contributed by atoms with van der Waals surface area (Å²) in [5.41, 5.74) is 3.07. The lowest BCUT2D eigenvalue weighted by molar-refractivity contribution is -0.667. The van der Waals surface area contributed by atoms with Crippen LogP contribution in [0.25, 0.3) is 10.2 Å². The molecule has 1 heterocycles. The highest BCUT2D eigenvalue weighted by Gasteiger charge is 2.12. The third-order valence-electron chi connectivity index (χ3n) is 2.28. The molecule has 7 heteroatoms. The zero-order valence-electron chi connectivity index (χ0n) is 8.98. The van der Waals surface area contributed by atoms with Crippen molar-refractivity contribution in [2.24, 2.45) is 0 Å². The van der Waals surface area contributed by atoms with E-state index in [0.29, 0.717) is 13.0 Å². The van der Waals surface area contributed by atoms with E-state index in [-0.39, 0.29) is 11.2 Å². The largest absolute Gasteiger partial charge is 0.870 e. The van der Waals surface area contributed by atoms with E-state index in [1.807, 2.05) is 34.3 Å². The summed E-state index contributed by atoms with van der Waals surface area (Å²) >= 11 is 1.62. The topological polar surface area (TPSA) is 88.2 Å². The van der Waals surface area contributed by atoms with E-state index in [4.69, 9.17) is 4.55 Å². The van der Waals surface area contributed by atoms with Crippen LogP contribution in [0.1, 0.15) is 6.42 Å². The van der Waals surface area contributed by atoms with Gasteiger partial charge in [0.2, 0.25) is 11.0 Å². The van der Waals surface area contributed by atoms with Crippen LogP contribution in [0, 0.1) is 0 Å². The fourth-order valence-corrected chi connectivity index (χ4v) is 2.98. The highest BCUT2D eigenvalue weighted by atomic mass is 32.2. The summed E-state index contributed by atoms with van der Waals surface area (Å²) in [6.07, 6.45) is 0.421. The Hall–Kier alpha value is -1.02. The van der Waals surface area contributed by atoms with Crippen LogP contribution >= 0.6 is 11.3 Å². The van der Waals surface area contributed by atoms with Gasteiger partial charge in [0.05, 0.1) is 5.75 Å². The predicted octanol–water partition coefficient (Wildman–Crippen LogP) is 1.29. The lowest BCUT2D eigenvalue weighted by Crippen LogP contribution is -2.32. The van der Waals surface area contributed by atoms with Crippen molar-refractivity contribution in [2.45, 2.75) is 13.0 Å². The molecule has 17 heavy (non-hydrogen) atoms. The van der Waals surface area contributed by atoms with E-state index < -0.39 is 10.1 Å². The van der Waals surface area contributed by atoms with Crippen molar-refractivity contribution in [3.05, 3.63) is 29.8 Å². The number of thiazole rings is 1. The summed E-state index contributed by atoms with van der Waals surface area (Å²) < 4.78 is 33.0. The molecule has 2 rings (SSSR count). The third kappa shape index (κ3) is 3.74. The Morgan fingerprint density at radius 3 is 2.71 bits per heavy atom. The Balaban J connectivity index is 0.00000144. The molecule has 0 atom stereocenters. The molecule has 0 fully saturated rings. The third-order valence-corrected chi connectivity index (χ3v) is 4.05. The minimum absolute atomic E-state index is 0. The van der Waals surface area contributed by atoms with E-state index in [2.05, 4.69) is 0 Å². The van der Waals surface area contributed by atoms with Crippen LogP contribution in [0.2, 0.25) is 0 Å². The van der Waals surface area contributed by atoms with Crippen molar-refractivity contribution in [1.82, 2.24) is 0 Å². The summed E-state index contributed by atoms with van der Waals surface area (Å²) in [4.78, 5) is 0. The summed E-state index contributed by atoms with van der Waals surface area (Å²) in [5, 5.41) is 0. The maximum absolute atomic E-state index is 10.6.